The van der Waals surface area contributed by atoms with Gasteiger partial charge in [0, 0.05) is 18.9 Å². The second kappa shape index (κ2) is 4.24. The summed E-state index contributed by atoms with van der Waals surface area (Å²) in [5.41, 5.74) is 0.789. The van der Waals surface area contributed by atoms with Crippen molar-refractivity contribution >= 4 is 16.5 Å². The third-order valence-corrected chi connectivity index (χ3v) is 2.43. The largest absolute Gasteiger partial charge is 0.471 e. The van der Waals surface area contributed by atoms with Crippen molar-refractivity contribution in [3.05, 3.63) is 30.5 Å². The number of fused-ring (bicyclic) bond motifs is 1. The normalized spacial score (nSPS) is 11.5. The molecule has 0 unspecified atom stereocenters. The van der Waals surface area contributed by atoms with Crippen LogP contribution in [0.2, 0.25) is 0 Å². The van der Waals surface area contributed by atoms with Gasteiger partial charge >= 0.3 is 0 Å². The van der Waals surface area contributed by atoms with Crippen molar-refractivity contribution in [1.82, 2.24) is 4.98 Å². The van der Waals surface area contributed by atoms with Crippen molar-refractivity contribution in [1.29, 1.82) is 0 Å². The van der Waals surface area contributed by atoms with Gasteiger partial charge in [-0.2, -0.15) is 0 Å². The highest BCUT2D eigenvalue weighted by molar-refractivity contribution is 5.97. The highest BCUT2D eigenvalue weighted by atomic mass is 16.5. The van der Waals surface area contributed by atoms with Gasteiger partial charge in [0.05, 0.1) is 5.39 Å². The van der Waals surface area contributed by atoms with Gasteiger partial charge in [0.2, 0.25) is 5.88 Å². The maximum atomic E-state index is 5.91. The topological polar surface area (TPSA) is 34.2 Å². The molecule has 0 aliphatic carbocycles. The van der Waals surface area contributed by atoms with Gasteiger partial charge in [-0.05, 0) is 38.3 Å². The Kier molecular flexibility index (Phi) is 2.92. The van der Waals surface area contributed by atoms with E-state index in [0.717, 1.165) is 16.5 Å². The second-order valence-corrected chi connectivity index (χ2v) is 4.98. The maximum Gasteiger partial charge on any atom is 0.223 e. The average Bonchev–Trinajstić information content (AvgIpc) is 2.26. The molecule has 0 bridgehead atoms. The van der Waals surface area contributed by atoms with Crippen LogP contribution < -0.4 is 10.1 Å². The van der Waals surface area contributed by atoms with E-state index in [-0.39, 0.29) is 5.60 Å². The Morgan fingerprint density at radius 2 is 1.94 bits per heavy atom. The number of benzene rings is 1. The molecule has 1 aromatic heterocycles. The van der Waals surface area contributed by atoms with E-state index in [4.69, 9.17) is 4.74 Å². The molecule has 0 fully saturated rings. The lowest BCUT2D eigenvalue weighted by molar-refractivity contribution is 0.126. The highest BCUT2D eigenvalue weighted by Crippen LogP contribution is 2.32. The van der Waals surface area contributed by atoms with Gasteiger partial charge in [-0.25, -0.2) is 4.98 Å². The number of ether oxygens (including phenoxy) is 1. The summed E-state index contributed by atoms with van der Waals surface area (Å²) in [7, 11) is 1.91. The molecule has 0 spiro atoms. The van der Waals surface area contributed by atoms with E-state index in [9.17, 15) is 0 Å². The summed E-state index contributed by atoms with van der Waals surface area (Å²) in [6, 6.07) is 8.10. The standard InChI is InChI=1S/C14H18N2O/c1-14(2,3)17-13-12-10(8-9-16-13)6-5-7-11(12)15-4/h5-9,15H,1-4H3. The van der Waals surface area contributed by atoms with Gasteiger partial charge in [0.15, 0.2) is 0 Å². The molecule has 17 heavy (non-hydrogen) atoms. The molecule has 1 aromatic carbocycles. The summed E-state index contributed by atoms with van der Waals surface area (Å²) in [6.45, 7) is 6.07. The van der Waals surface area contributed by atoms with Gasteiger partial charge in [-0.15, -0.1) is 0 Å². The number of hydrogen-bond donors (Lipinski definition) is 1. The van der Waals surface area contributed by atoms with Crippen LogP contribution in [0.3, 0.4) is 0 Å². The Balaban J connectivity index is 2.62. The number of nitrogens with one attached hydrogen (secondary N) is 1. The minimum absolute atomic E-state index is 0.248. The molecule has 1 heterocycles. The predicted molar refractivity (Wildman–Crippen MR) is 71.7 cm³/mol. The number of nitrogens with zero attached hydrogens (tertiary/aromatic N) is 1. The predicted octanol–water partition coefficient (Wildman–Crippen LogP) is 3.45. The number of aromatic nitrogens is 1. The molecule has 0 saturated carbocycles. The van der Waals surface area contributed by atoms with E-state index >= 15 is 0 Å². The minimum atomic E-state index is -0.248. The molecule has 0 radical (unpaired) electrons. The Bertz CT molecular complexity index is 524. The Hall–Kier alpha value is -1.77. The zero-order valence-corrected chi connectivity index (χ0v) is 10.7. The van der Waals surface area contributed by atoms with E-state index in [0.29, 0.717) is 5.88 Å². The van der Waals surface area contributed by atoms with Gasteiger partial charge in [0.25, 0.3) is 0 Å². The van der Waals surface area contributed by atoms with Crippen molar-refractivity contribution in [3.63, 3.8) is 0 Å². The number of anilines is 1. The zero-order valence-electron chi connectivity index (χ0n) is 10.7. The van der Waals surface area contributed by atoms with E-state index in [1.54, 1.807) is 6.20 Å². The fourth-order valence-corrected chi connectivity index (χ4v) is 1.77. The molecule has 0 aliphatic rings. The van der Waals surface area contributed by atoms with Crippen LogP contribution in [0.1, 0.15) is 20.8 Å². The van der Waals surface area contributed by atoms with Crippen molar-refractivity contribution in [2.45, 2.75) is 26.4 Å². The van der Waals surface area contributed by atoms with E-state index in [1.807, 2.05) is 46.0 Å². The number of hydrogen-bond acceptors (Lipinski definition) is 3. The summed E-state index contributed by atoms with van der Waals surface area (Å²) < 4.78 is 5.91. The number of pyridine rings is 1. The fourth-order valence-electron chi connectivity index (χ4n) is 1.77. The zero-order chi connectivity index (χ0) is 12.5. The minimum Gasteiger partial charge on any atom is -0.471 e. The molecule has 90 valence electrons. The molecule has 3 heteroatoms. The molecule has 0 saturated heterocycles. The maximum absolute atomic E-state index is 5.91. The van der Waals surface area contributed by atoms with Crippen LogP contribution in [-0.4, -0.2) is 17.6 Å². The lowest BCUT2D eigenvalue weighted by Gasteiger charge is -2.22. The van der Waals surface area contributed by atoms with Gasteiger partial charge in [-0.1, -0.05) is 12.1 Å². The smallest absolute Gasteiger partial charge is 0.223 e. The first-order valence-corrected chi connectivity index (χ1v) is 5.76. The van der Waals surface area contributed by atoms with Gasteiger partial charge < -0.3 is 10.1 Å². The molecule has 1 N–H and O–H groups in total. The first-order valence-electron chi connectivity index (χ1n) is 5.76. The lowest BCUT2D eigenvalue weighted by atomic mass is 10.1. The summed E-state index contributed by atoms with van der Waals surface area (Å²) in [4.78, 5) is 4.34. The molecular weight excluding hydrogens is 212 g/mol. The molecule has 2 aromatic rings. The van der Waals surface area contributed by atoms with Crippen molar-refractivity contribution in [2.24, 2.45) is 0 Å². The van der Waals surface area contributed by atoms with Crippen LogP contribution in [0, 0.1) is 0 Å². The van der Waals surface area contributed by atoms with Crippen LogP contribution in [0.25, 0.3) is 10.8 Å². The van der Waals surface area contributed by atoms with E-state index in [2.05, 4.69) is 16.4 Å². The van der Waals surface area contributed by atoms with Crippen LogP contribution in [-0.2, 0) is 0 Å². The molecule has 0 amide bonds. The lowest BCUT2D eigenvalue weighted by Crippen LogP contribution is -2.23. The van der Waals surface area contributed by atoms with Crippen molar-refractivity contribution in [3.8, 4) is 5.88 Å². The van der Waals surface area contributed by atoms with Gasteiger partial charge in [0.1, 0.15) is 5.60 Å². The van der Waals surface area contributed by atoms with Crippen molar-refractivity contribution < 1.29 is 4.74 Å². The molecule has 0 aliphatic heterocycles. The first kappa shape index (κ1) is 11.7. The third kappa shape index (κ3) is 2.49. The number of rotatable bonds is 2. The van der Waals surface area contributed by atoms with Crippen LogP contribution >= 0.6 is 0 Å². The third-order valence-electron chi connectivity index (χ3n) is 2.43. The first-order chi connectivity index (χ1) is 8.01. The fraction of sp³-hybridized carbons (Fsp3) is 0.357. The van der Waals surface area contributed by atoms with Crippen LogP contribution in [0.4, 0.5) is 5.69 Å². The van der Waals surface area contributed by atoms with E-state index < -0.39 is 0 Å². The summed E-state index contributed by atoms with van der Waals surface area (Å²) in [5, 5.41) is 5.34. The van der Waals surface area contributed by atoms with E-state index in [1.165, 1.54) is 0 Å². The molecule has 3 nitrogen and oxygen atoms in total. The Labute approximate surface area is 102 Å². The molecule has 0 atom stereocenters. The molecular formula is C14H18N2O. The van der Waals surface area contributed by atoms with Crippen molar-refractivity contribution in [2.75, 3.05) is 12.4 Å². The summed E-state index contributed by atoms with van der Waals surface area (Å²) in [5.74, 6) is 0.681. The average molecular weight is 230 g/mol. The monoisotopic (exact) mass is 230 g/mol. The Morgan fingerprint density at radius 1 is 1.18 bits per heavy atom. The second-order valence-electron chi connectivity index (χ2n) is 4.98. The van der Waals surface area contributed by atoms with Crippen LogP contribution in [0.15, 0.2) is 30.5 Å². The molecule has 2 rings (SSSR count). The summed E-state index contributed by atoms with van der Waals surface area (Å²) >= 11 is 0. The SMILES string of the molecule is CNc1cccc2ccnc(OC(C)(C)C)c12. The highest BCUT2D eigenvalue weighted by Gasteiger charge is 2.16. The Morgan fingerprint density at radius 3 is 2.59 bits per heavy atom. The summed E-state index contributed by atoms with van der Waals surface area (Å²) in [6.07, 6.45) is 1.78. The van der Waals surface area contributed by atoms with Gasteiger partial charge in [-0.3, -0.25) is 0 Å². The van der Waals surface area contributed by atoms with Crippen LogP contribution in [0.5, 0.6) is 5.88 Å². The quantitative estimate of drug-likeness (QED) is 0.858.